The molecule has 1 unspecified atom stereocenters. The Hall–Kier alpha value is -2.65. The molecule has 0 spiro atoms. The van der Waals surface area contributed by atoms with Gasteiger partial charge in [0.15, 0.2) is 5.82 Å². The number of nitrogens with one attached hydrogen (secondary N) is 1. The van der Waals surface area contributed by atoms with E-state index in [1.807, 2.05) is 35.1 Å². The Bertz CT molecular complexity index is 1060. The Labute approximate surface area is 182 Å². The molecule has 0 bridgehead atoms. The van der Waals surface area contributed by atoms with Crippen LogP contribution >= 0.6 is 0 Å². The smallest absolute Gasteiger partial charge is 0.326 e. The number of likely N-dealkylation sites (tertiary alicyclic amines) is 1. The molecule has 0 saturated carbocycles. The highest BCUT2D eigenvalue weighted by atomic mass is 32.2. The zero-order valence-corrected chi connectivity index (χ0v) is 18.2. The minimum atomic E-state index is -4.16. The maximum atomic E-state index is 15.2. The molecule has 2 aliphatic heterocycles. The lowest BCUT2D eigenvalue weighted by Crippen LogP contribution is -2.30. The molecule has 2 heterocycles. The van der Waals surface area contributed by atoms with Crippen molar-refractivity contribution in [2.24, 2.45) is 0 Å². The second-order valence-corrected chi connectivity index (χ2v) is 9.65. The molecule has 0 radical (unpaired) electrons. The monoisotopic (exact) mass is 447 g/mol. The van der Waals surface area contributed by atoms with Gasteiger partial charge in [-0.15, -0.1) is 0 Å². The van der Waals surface area contributed by atoms with E-state index in [1.54, 1.807) is 6.07 Å². The number of benzene rings is 2. The number of carbonyl (C=O) groups is 1. The van der Waals surface area contributed by atoms with Crippen LogP contribution in [0.3, 0.4) is 0 Å². The summed E-state index contributed by atoms with van der Waals surface area (Å²) in [5.41, 5.74) is 1.36. The first-order valence-electron chi connectivity index (χ1n) is 10.4. The predicted octanol–water partition coefficient (Wildman–Crippen LogP) is 2.61. The predicted molar refractivity (Wildman–Crippen MR) is 116 cm³/mol. The van der Waals surface area contributed by atoms with E-state index in [0.29, 0.717) is 12.5 Å². The number of amides is 1. The third-order valence-electron chi connectivity index (χ3n) is 5.83. The first-order chi connectivity index (χ1) is 14.8. The molecule has 0 aliphatic carbocycles. The van der Waals surface area contributed by atoms with Gasteiger partial charge in [0, 0.05) is 6.04 Å². The SMILES string of the molecule is CN1CCCC1CCc1cc(F)c(N2CC(=O)NS2(=O)=O)c(OCc2ccccc2)c1. The summed E-state index contributed by atoms with van der Waals surface area (Å²) in [6.45, 7) is 0.738. The van der Waals surface area contributed by atoms with Crippen molar-refractivity contribution >= 4 is 21.8 Å². The number of aryl methyl sites for hydroxylation is 1. The molecule has 2 fully saturated rings. The third kappa shape index (κ3) is 4.83. The maximum absolute atomic E-state index is 15.2. The zero-order chi connectivity index (χ0) is 22.0. The van der Waals surface area contributed by atoms with Crippen LogP contribution in [0.1, 0.15) is 30.4 Å². The summed E-state index contributed by atoms with van der Waals surface area (Å²) in [5.74, 6) is -1.32. The number of anilines is 1. The van der Waals surface area contributed by atoms with E-state index in [-0.39, 0.29) is 18.0 Å². The van der Waals surface area contributed by atoms with Gasteiger partial charge in [-0.1, -0.05) is 30.3 Å². The Morgan fingerprint density at radius 2 is 1.97 bits per heavy atom. The minimum Gasteiger partial charge on any atom is -0.487 e. The molecular formula is C22H26FN3O4S. The van der Waals surface area contributed by atoms with Gasteiger partial charge >= 0.3 is 10.2 Å². The topological polar surface area (TPSA) is 79.0 Å². The fourth-order valence-electron chi connectivity index (χ4n) is 4.18. The van der Waals surface area contributed by atoms with Crippen LogP contribution in [0.5, 0.6) is 5.75 Å². The van der Waals surface area contributed by atoms with Gasteiger partial charge in [0.1, 0.15) is 24.6 Å². The summed E-state index contributed by atoms with van der Waals surface area (Å²) < 4.78 is 48.4. The van der Waals surface area contributed by atoms with Gasteiger partial charge in [-0.3, -0.25) is 4.79 Å². The highest BCUT2D eigenvalue weighted by Crippen LogP contribution is 2.36. The Morgan fingerprint density at radius 3 is 2.61 bits per heavy atom. The number of hydrogen-bond donors (Lipinski definition) is 1. The molecule has 9 heteroatoms. The summed E-state index contributed by atoms with van der Waals surface area (Å²) in [5, 5.41) is 0. The molecule has 0 aromatic heterocycles. The Kier molecular flexibility index (Phi) is 6.15. The molecule has 1 atom stereocenters. The van der Waals surface area contributed by atoms with E-state index < -0.39 is 28.5 Å². The maximum Gasteiger partial charge on any atom is 0.326 e. The Balaban J connectivity index is 1.63. The molecule has 4 rings (SSSR count). The van der Waals surface area contributed by atoms with Crippen LogP contribution in [0.15, 0.2) is 42.5 Å². The molecule has 2 aromatic rings. The van der Waals surface area contributed by atoms with E-state index in [9.17, 15) is 13.2 Å². The van der Waals surface area contributed by atoms with Crippen molar-refractivity contribution < 1.29 is 22.3 Å². The molecule has 166 valence electrons. The van der Waals surface area contributed by atoms with Gasteiger partial charge in [0.2, 0.25) is 0 Å². The summed E-state index contributed by atoms with van der Waals surface area (Å²) in [6.07, 6.45) is 3.81. The molecule has 2 saturated heterocycles. The van der Waals surface area contributed by atoms with Gasteiger partial charge in [0.25, 0.3) is 5.91 Å². The highest BCUT2D eigenvalue weighted by Gasteiger charge is 2.38. The van der Waals surface area contributed by atoms with E-state index in [2.05, 4.69) is 11.9 Å². The van der Waals surface area contributed by atoms with Crippen molar-refractivity contribution in [3.8, 4) is 5.75 Å². The number of carbonyl (C=O) groups excluding carboxylic acids is 1. The lowest BCUT2D eigenvalue weighted by atomic mass is 10.0. The number of rotatable bonds is 7. The van der Waals surface area contributed by atoms with Crippen LogP contribution in [-0.2, 0) is 28.0 Å². The lowest BCUT2D eigenvalue weighted by Gasteiger charge is -2.22. The van der Waals surface area contributed by atoms with Crippen LogP contribution in [0.25, 0.3) is 0 Å². The van der Waals surface area contributed by atoms with E-state index in [1.165, 1.54) is 6.07 Å². The van der Waals surface area contributed by atoms with Crippen molar-refractivity contribution in [3.05, 3.63) is 59.4 Å². The summed E-state index contributed by atoms with van der Waals surface area (Å²) >= 11 is 0. The fourth-order valence-corrected chi connectivity index (χ4v) is 5.35. The van der Waals surface area contributed by atoms with Gasteiger partial charge < -0.3 is 9.64 Å². The summed E-state index contributed by atoms with van der Waals surface area (Å²) in [6, 6.07) is 12.8. The molecule has 2 aliphatic rings. The van der Waals surface area contributed by atoms with Gasteiger partial charge in [0.05, 0.1) is 0 Å². The highest BCUT2D eigenvalue weighted by molar-refractivity contribution is 7.92. The van der Waals surface area contributed by atoms with Gasteiger partial charge in [-0.2, -0.15) is 8.42 Å². The molecule has 7 nitrogen and oxygen atoms in total. The minimum absolute atomic E-state index is 0.110. The second-order valence-electron chi connectivity index (χ2n) is 8.05. The summed E-state index contributed by atoms with van der Waals surface area (Å²) in [7, 11) is -2.06. The first kappa shape index (κ1) is 21.6. The molecule has 2 aromatic carbocycles. The summed E-state index contributed by atoms with van der Waals surface area (Å²) in [4.78, 5) is 14.0. The zero-order valence-electron chi connectivity index (χ0n) is 17.4. The second kappa shape index (κ2) is 8.84. The number of hydrogen-bond acceptors (Lipinski definition) is 5. The van der Waals surface area contributed by atoms with Crippen molar-refractivity contribution in [2.75, 3.05) is 24.4 Å². The quantitative estimate of drug-likeness (QED) is 0.706. The first-order valence-corrected chi connectivity index (χ1v) is 11.8. The van der Waals surface area contributed by atoms with Crippen molar-refractivity contribution in [1.82, 2.24) is 9.62 Å². The number of halogens is 1. The number of nitrogens with zero attached hydrogens (tertiary/aromatic N) is 2. The lowest BCUT2D eigenvalue weighted by molar-refractivity contribution is -0.117. The average Bonchev–Trinajstić information content (AvgIpc) is 3.26. The standard InChI is InChI=1S/C22H26FN3O4S/c1-25-11-5-8-18(25)10-9-17-12-19(23)22(26-14-21(27)24-31(26,28)29)20(13-17)30-15-16-6-3-2-4-7-16/h2-4,6-7,12-13,18H,5,8-11,14-15H2,1H3,(H,24,27). The fraction of sp³-hybridized carbons (Fsp3) is 0.409. The van der Waals surface area contributed by atoms with E-state index in [0.717, 1.165) is 41.2 Å². The Morgan fingerprint density at radius 1 is 1.19 bits per heavy atom. The van der Waals surface area contributed by atoms with Crippen LogP contribution in [0.2, 0.25) is 0 Å². The van der Waals surface area contributed by atoms with Crippen LogP contribution < -0.4 is 13.8 Å². The molecule has 1 amide bonds. The molecule has 1 N–H and O–H groups in total. The molecule has 31 heavy (non-hydrogen) atoms. The van der Waals surface area contributed by atoms with Crippen LogP contribution in [0.4, 0.5) is 10.1 Å². The van der Waals surface area contributed by atoms with E-state index >= 15 is 4.39 Å². The van der Waals surface area contributed by atoms with Gasteiger partial charge in [-0.05, 0) is 62.5 Å². The van der Waals surface area contributed by atoms with Crippen molar-refractivity contribution in [3.63, 3.8) is 0 Å². The molecular weight excluding hydrogens is 421 g/mol. The van der Waals surface area contributed by atoms with Gasteiger partial charge in [-0.25, -0.2) is 13.4 Å². The van der Waals surface area contributed by atoms with E-state index in [4.69, 9.17) is 4.74 Å². The van der Waals surface area contributed by atoms with Crippen LogP contribution in [0, 0.1) is 5.82 Å². The van der Waals surface area contributed by atoms with Crippen molar-refractivity contribution in [2.45, 2.75) is 38.3 Å². The third-order valence-corrected chi connectivity index (χ3v) is 7.21. The average molecular weight is 448 g/mol. The van der Waals surface area contributed by atoms with Crippen molar-refractivity contribution in [1.29, 1.82) is 0 Å². The number of ether oxygens (including phenoxy) is 1. The van der Waals surface area contributed by atoms with Crippen LogP contribution in [-0.4, -0.2) is 45.4 Å². The largest absolute Gasteiger partial charge is 0.487 e. The normalized spacial score (nSPS) is 20.8.